The van der Waals surface area contributed by atoms with E-state index in [2.05, 4.69) is 16.4 Å². The van der Waals surface area contributed by atoms with Crippen LogP contribution in [0.4, 0.5) is 5.69 Å². The van der Waals surface area contributed by atoms with Crippen LogP contribution in [0, 0.1) is 32.1 Å². The lowest BCUT2D eigenvalue weighted by Gasteiger charge is -2.10. The van der Waals surface area contributed by atoms with E-state index in [0.717, 1.165) is 22.5 Å². The Balaban J connectivity index is 2.07. The molecule has 1 aromatic heterocycles. The number of hydrogen-bond acceptors (Lipinski definition) is 4. The summed E-state index contributed by atoms with van der Waals surface area (Å²) in [5.41, 5.74) is 3.86. The highest BCUT2D eigenvalue weighted by atomic mass is 35.5. The lowest BCUT2D eigenvalue weighted by molar-refractivity contribution is -0.113. The monoisotopic (exact) mass is 345 g/mol. The summed E-state index contributed by atoms with van der Waals surface area (Å²) in [6.45, 7) is 5.62. The van der Waals surface area contributed by atoms with Crippen LogP contribution in [0.2, 0.25) is 5.02 Å². The molecule has 0 radical (unpaired) electrons. The van der Waals surface area contributed by atoms with Gasteiger partial charge in [-0.15, -0.1) is 0 Å². The number of thioether (sulfide) groups is 1. The van der Waals surface area contributed by atoms with Gasteiger partial charge >= 0.3 is 0 Å². The smallest absolute Gasteiger partial charge is 0.234 e. The number of nitrogens with zero attached hydrogens (tertiary/aromatic N) is 2. The summed E-state index contributed by atoms with van der Waals surface area (Å²) < 4.78 is 0. The first-order valence-corrected chi connectivity index (χ1v) is 8.34. The molecule has 118 valence electrons. The zero-order chi connectivity index (χ0) is 17.0. The molecule has 0 aliphatic heterocycles. The molecule has 2 aromatic rings. The Morgan fingerprint density at radius 3 is 2.70 bits per heavy atom. The van der Waals surface area contributed by atoms with Crippen LogP contribution in [0.15, 0.2) is 29.3 Å². The minimum Gasteiger partial charge on any atom is -0.325 e. The maximum absolute atomic E-state index is 12.1. The molecule has 1 aromatic carbocycles. The maximum atomic E-state index is 12.1. The molecule has 0 unspecified atom stereocenters. The molecule has 0 saturated carbocycles. The van der Waals surface area contributed by atoms with Crippen molar-refractivity contribution in [1.82, 2.24) is 4.98 Å². The van der Waals surface area contributed by atoms with Crippen LogP contribution in [0.3, 0.4) is 0 Å². The van der Waals surface area contributed by atoms with Crippen LogP contribution < -0.4 is 5.32 Å². The molecule has 4 nitrogen and oxygen atoms in total. The molecule has 1 N–H and O–H groups in total. The van der Waals surface area contributed by atoms with Gasteiger partial charge in [-0.1, -0.05) is 23.4 Å². The fourth-order valence-electron chi connectivity index (χ4n) is 2.13. The lowest BCUT2D eigenvalue weighted by Crippen LogP contribution is -2.15. The SMILES string of the molecule is Cc1cc(C)c(C#N)c(SCC(=O)Nc2ccc(Cl)cc2C)n1. The first-order valence-electron chi connectivity index (χ1n) is 6.98. The van der Waals surface area contributed by atoms with Crippen molar-refractivity contribution in [3.05, 3.63) is 51.7 Å². The summed E-state index contributed by atoms with van der Waals surface area (Å²) in [5.74, 6) is 0.0392. The van der Waals surface area contributed by atoms with Gasteiger partial charge in [0.25, 0.3) is 0 Å². The molecule has 6 heteroatoms. The Morgan fingerprint density at radius 1 is 1.30 bits per heavy atom. The van der Waals surface area contributed by atoms with Crippen LogP contribution in [-0.2, 0) is 4.79 Å². The average molecular weight is 346 g/mol. The van der Waals surface area contributed by atoms with E-state index in [1.807, 2.05) is 26.8 Å². The van der Waals surface area contributed by atoms with Gasteiger partial charge in [0, 0.05) is 16.4 Å². The van der Waals surface area contributed by atoms with Crippen molar-refractivity contribution in [2.24, 2.45) is 0 Å². The standard InChI is InChI=1S/C17H16ClN3OS/c1-10-6-12(3)20-17(14(10)8-19)23-9-16(22)21-15-5-4-13(18)7-11(15)2/h4-7H,9H2,1-3H3,(H,21,22). The number of aryl methyl sites for hydroxylation is 3. The van der Waals surface area contributed by atoms with Crippen LogP contribution in [-0.4, -0.2) is 16.6 Å². The van der Waals surface area contributed by atoms with Crippen molar-refractivity contribution >= 4 is 35.0 Å². The topological polar surface area (TPSA) is 65.8 Å². The molecule has 0 spiro atoms. The number of halogens is 1. The molecule has 0 fully saturated rings. The van der Waals surface area contributed by atoms with Crippen molar-refractivity contribution in [1.29, 1.82) is 5.26 Å². The van der Waals surface area contributed by atoms with Crippen LogP contribution >= 0.6 is 23.4 Å². The van der Waals surface area contributed by atoms with Gasteiger partial charge in [0.2, 0.25) is 5.91 Å². The van der Waals surface area contributed by atoms with E-state index in [1.54, 1.807) is 18.2 Å². The first kappa shape index (κ1) is 17.3. The number of nitriles is 1. The number of carbonyl (C=O) groups is 1. The quantitative estimate of drug-likeness (QED) is 0.841. The first-order chi connectivity index (χ1) is 10.9. The Kier molecular flexibility index (Phi) is 5.64. The second-order valence-corrected chi connectivity index (χ2v) is 6.57. The van der Waals surface area contributed by atoms with Crippen LogP contribution in [0.25, 0.3) is 0 Å². The normalized spacial score (nSPS) is 10.2. The zero-order valence-corrected chi connectivity index (χ0v) is 14.7. The molecular formula is C17H16ClN3OS. The van der Waals surface area contributed by atoms with Gasteiger partial charge in [-0.3, -0.25) is 4.79 Å². The highest BCUT2D eigenvalue weighted by Crippen LogP contribution is 2.24. The molecule has 0 saturated heterocycles. The number of aromatic nitrogens is 1. The van der Waals surface area contributed by atoms with E-state index in [1.165, 1.54) is 11.8 Å². The summed E-state index contributed by atoms with van der Waals surface area (Å²) >= 11 is 7.17. The van der Waals surface area contributed by atoms with E-state index in [-0.39, 0.29) is 11.7 Å². The third-order valence-corrected chi connectivity index (χ3v) is 4.44. The minimum absolute atomic E-state index is 0.148. The van der Waals surface area contributed by atoms with Gasteiger partial charge in [-0.25, -0.2) is 4.98 Å². The number of benzene rings is 1. The van der Waals surface area contributed by atoms with E-state index in [4.69, 9.17) is 11.6 Å². The van der Waals surface area contributed by atoms with Crippen molar-refractivity contribution < 1.29 is 4.79 Å². The Labute approximate surface area is 144 Å². The van der Waals surface area contributed by atoms with Crippen molar-refractivity contribution in [2.75, 3.05) is 11.1 Å². The lowest BCUT2D eigenvalue weighted by atomic mass is 10.1. The van der Waals surface area contributed by atoms with Gasteiger partial charge in [-0.05, 0) is 56.2 Å². The third-order valence-electron chi connectivity index (χ3n) is 3.23. The number of hydrogen-bond donors (Lipinski definition) is 1. The summed E-state index contributed by atoms with van der Waals surface area (Å²) in [6, 6.07) is 9.31. The molecule has 0 bridgehead atoms. The number of anilines is 1. The summed E-state index contributed by atoms with van der Waals surface area (Å²) in [6.07, 6.45) is 0. The maximum Gasteiger partial charge on any atom is 0.234 e. The average Bonchev–Trinajstić information content (AvgIpc) is 2.47. The van der Waals surface area contributed by atoms with Crippen molar-refractivity contribution in [3.63, 3.8) is 0 Å². The fraction of sp³-hybridized carbons (Fsp3) is 0.235. The number of amides is 1. The van der Waals surface area contributed by atoms with E-state index >= 15 is 0 Å². The molecule has 0 aliphatic carbocycles. The summed E-state index contributed by atoms with van der Waals surface area (Å²) in [4.78, 5) is 16.5. The van der Waals surface area contributed by atoms with Gasteiger partial charge in [-0.2, -0.15) is 5.26 Å². The summed E-state index contributed by atoms with van der Waals surface area (Å²) in [7, 11) is 0. The molecule has 0 aliphatic rings. The van der Waals surface area contributed by atoms with Crippen molar-refractivity contribution in [3.8, 4) is 6.07 Å². The molecule has 2 rings (SSSR count). The number of pyridine rings is 1. The Hall–Kier alpha value is -2.03. The van der Waals surface area contributed by atoms with Gasteiger partial charge in [0.05, 0.1) is 11.3 Å². The fourth-order valence-corrected chi connectivity index (χ4v) is 3.26. The molecule has 1 heterocycles. The molecular weight excluding hydrogens is 330 g/mol. The number of nitrogens with one attached hydrogen (secondary N) is 1. The molecule has 0 atom stereocenters. The van der Waals surface area contributed by atoms with Crippen LogP contribution in [0.1, 0.15) is 22.4 Å². The Bertz CT molecular complexity index is 799. The molecule has 1 amide bonds. The largest absolute Gasteiger partial charge is 0.325 e. The number of carbonyl (C=O) groups excluding carboxylic acids is 1. The van der Waals surface area contributed by atoms with E-state index < -0.39 is 0 Å². The van der Waals surface area contributed by atoms with E-state index in [0.29, 0.717) is 15.6 Å². The van der Waals surface area contributed by atoms with Gasteiger partial charge in [0.1, 0.15) is 11.1 Å². The van der Waals surface area contributed by atoms with Gasteiger partial charge in [0.15, 0.2) is 0 Å². The minimum atomic E-state index is -0.148. The second kappa shape index (κ2) is 7.49. The van der Waals surface area contributed by atoms with Crippen LogP contribution in [0.5, 0.6) is 0 Å². The van der Waals surface area contributed by atoms with Crippen molar-refractivity contribution in [2.45, 2.75) is 25.8 Å². The zero-order valence-electron chi connectivity index (χ0n) is 13.1. The Morgan fingerprint density at radius 2 is 2.04 bits per heavy atom. The summed E-state index contributed by atoms with van der Waals surface area (Å²) in [5, 5.41) is 13.3. The van der Waals surface area contributed by atoms with E-state index in [9.17, 15) is 10.1 Å². The predicted molar refractivity (Wildman–Crippen MR) is 94.0 cm³/mol. The predicted octanol–water partition coefficient (Wildman–Crippen LogP) is 4.26. The second-order valence-electron chi connectivity index (χ2n) is 5.17. The number of rotatable bonds is 4. The third kappa shape index (κ3) is 4.47. The highest BCUT2D eigenvalue weighted by molar-refractivity contribution is 8.00. The van der Waals surface area contributed by atoms with Gasteiger partial charge < -0.3 is 5.32 Å². The molecule has 23 heavy (non-hydrogen) atoms. The highest BCUT2D eigenvalue weighted by Gasteiger charge is 2.12.